The molecule has 1 aromatic rings. The molecule has 0 aromatic heterocycles. The van der Waals surface area contributed by atoms with Crippen molar-refractivity contribution in [2.75, 3.05) is 18.4 Å². The van der Waals surface area contributed by atoms with Crippen LogP contribution < -0.4 is 15.4 Å². The van der Waals surface area contributed by atoms with Crippen LogP contribution in [0.4, 0.5) is 14.5 Å². The Hall–Kier alpha value is -0.590. The monoisotopic (exact) mass is 370 g/mol. The molecule has 3 nitrogen and oxygen atoms in total. The van der Waals surface area contributed by atoms with Crippen LogP contribution in [0.2, 0.25) is 5.02 Å². The van der Waals surface area contributed by atoms with E-state index in [1.807, 2.05) is 20.8 Å². The van der Waals surface area contributed by atoms with Crippen LogP contribution in [0, 0.1) is 0 Å². The molecule has 2 N–H and O–H groups in total. The SMILES string of the molecule is CC(C)(C)NCCNc1cc(Cl)cc(Br)c1OC(F)F. The Morgan fingerprint density at radius 2 is 1.95 bits per heavy atom. The van der Waals surface area contributed by atoms with Gasteiger partial charge in [-0.25, -0.2) is 0 Å². The molecule has 0 unspecified atom stereocenters. The Morgan fingerprint density at radius 1 is 1.30 bits per heavy atom. The van der Waals surface area contributed by atoms with Gasteiger partial charge in [0.1, 0.15) is 0 Å². The minimum Gasteiger partial charge on any atom is -0.431 e. The number of anilines is 1. The van der Waals surface area contributed by atoms with Crippen molar-refractivity contribution < 1.29 is 13.5 Å². The molecule has 0 saturated heterocycles. The minimum absolute atomic E-state index is 0.00109. The van der Waals surface area contributed by atoms with E-state index < -0.39 is 6.61 Å². The molecule has 0 radical (unpaired) electrons. The Kier molecular flexibility index (Phi) is 6.48. The summed E-state index contributed by atoms with van der Waals surface area (Å²) in [7, 11) is 0. The van der Waals surface area contributed by atoms with Crippen LogP contribution in [0.15, 0.2) is 16.6 Å². The Bertz CT molecular complexity index is 453. The number of halogens is 4. The normalized spacial score (nSPS) is 11.8. The first kappa shape index (κ1) is 17.5. The summed E-state index contributed by atoms with van der Waals surface area (Å²) in [5, 5.41) is 6.76. The lowest BCUT2D eigenvalue weighted by molar-refractivity contribution is -0.0498. The third-order valence-corrected chi connectivity index (χ3v) is 3.12. The Balaban J connectivity index is 2.72. The van der Waals surface area contributed by atoms with Crippen LogP contribution in [0.1, 0.15) is 20.8 Å². The molecule has 0 amide bonds. The summed E-state index contributed by atoms with van der Waals surface area (Å²) in [5.74, 6) is 0.0557. The zero-order chi connectivity index (χ0) is 15.3. The fourth-order valence-electron chi connectivity index (χ4n) is 1.54. The van der Waals surface area contributed by atoms with Crippen molar-refractivity contribution in [1.82, 2.24) is 5.32 Å². The largest absolute Gasteiger partial charge is 0.431 e. The molecule has 20 heavy (non-hydrogen) atoms. The lowest BCUT2D eigenvalue weighted by Gasteiger charge is -2.21. The highest BCUT2D eigenvalue weighted by Crippen LogP contribution is 2.37. The van der Waals surface area contributed by atoms with Gasteiger partial charge < -0.3 is 15.4 Å². The molecule has 114 valence electrons. The second-order valence-electron chi connectivity index (χ2n) is 5.25. The summed E-state index contributed by atoms with van der Waals surface area (Å²) < 4.78 is 29.7. The van der Waals surface area contributed by atoms with Gasteiger partial charge in [0.25, 0.3) is 0 Å². The van der Waals surface area contributed by atoms with Gasteiger partial charge in [0.15, 0.2) is 5.75 Å². The number of rotatable bonds is 6. The fourth-order valence-corrected chi connectivity index (χ4v) is 2.44. The van der Waals surface area contributed by atoms with Crippen LogP contribution in [-0.2, 0) is 0 Å². The van der Waals surface area contributed by atoms with E-state index in [2.05, 4.69) is 31.3 Å². The molecule has 0 bridgehead atoms. The number of hydrogen-bond donors (Lipinski definition) is 2. The maximum Gasteiger partial charge on any atom is 0.387 e. The second-order valence-corrected chi connectivity index (χ2v) is 6.54. The van der Waals surface area contributed by atoms with E-state index in [1.54, 1.807) is 6.07 Å². The van der Waals surface area contributed by atoms with E-state index in [4.69, 9.17) is 11.6 Å². The summed E-state index contributed by atoms with van der Waals surface area (Å²) in [5.41, 5.74) is 0.430. The van der Waals surface area contributed by atoms with Crippen LogP contribution >= 0.6 is 27.5 Å². The lowest BCUT2D eigenvalue weighted by Crippen LogP contribution is -2.38. The van der Waals surface area contributed by atoms with E-state index >= 15 is 0 Å². The molecule has 0 saturated carbocycles. The zero-order valence-electron chi connectivity index (χ0n) is 11.6. The highest BCUT2D eigenvalue weighted by atomic mass is 79.9. The van der Waals surface area contributed by atoms with Crippen molar-refractivity contribution in [1.29, 1.82) is 0 Å². The van der Waals surface area contributed by atoms with Crippen molar-refractivity contribution in [2.45, 2.75) is 32.9 Å². The standard InChI is InChI=1S/C13H18BrClF2N2O/c1-13(2,3)19-5-4-18-10-7-8(15)6-9(14)11(10)20-12(16)17/h6-7,12,18-19H,4-5H2,1-3H3. The first-order chi connectivity index (χ1) is 9.19. The Labute approximate surface area is 131 Å². The molecule has 1 rings (SSSR count). The molecular formula is C13H18BrClF2N2O. The topological polar surface area (TPSA) is 33.3 Å². The molecule has 0 fully saturated rings. The van der Waals surface area contributed by atoms with Crippen LogP contribution in [0.5, 0.6) is 5.75 Å². The van der Waals surface area contributed by atoms with E-state index in [0.29, 0.717) is 28.3 Å². The summed E-state index contributed by atoms with van der Waals surface area (Å²) in [4.78, 5) is 0. The molecule has 0 spiro atoms. The predicted octanol–water partition coefficient (Wildman–Crippen LogP) is 4.50. The van der Waals surface area contributed by atoms with Gasteiger partial charge in [-0.3, -0.25) is 0 Å². The zero-order valence-corrected chi connectivity index (χ0v) is 13.9. The summed E-state index contributed by atoms with van der Waals surface area (Å²) in [6.45, 7) is 4.50. The van der Waals surface area contributed by atoms with Crippen LogP contribution in [-0.4, -0.2) is 25.2 Å². The first-order valence-electron chi connectivity index (χ1n) is 6.12. The smallest absolute Gasteiger partial charge is 0.387 e. The summed E-state index contributed by atoms with van der Waals surface area (Å²) >= 11 is 9.08. The van der Waals surface area contributed by atoms with Gasteiger partial charge in [-0.1, -0.05) is 11.6 Å². The quantitative estimate of drug-likeness (QED) is 0.722. The molecule has 0 aliphatic rings. The lowest BCUT2D eigenvalue weighted by atomic mass is 10.1. The molecule has 0 aliphatic heterocycles. The Morgan fingerprint density at radius 3 is 2.50 bits per heavy atom. The first-order valence-corrected chi connectivity index (χ1v) is 7.29. The van der Waals surface area contributed by atoms with E-state index in [1.165, 1.54) is 6.07 Å². The van der Waals surface area contributed by atoms with Gasteiger partial charge in [-0.2, -0.15) is 8.78 Å². The number of benzene rings is 1. The third kappa shape index (κ3) is 6.24. The second kappa shape index (κ2) is 7.43. The number of hydrogen-bond acceptors (Lipinski definition) is 3. The van der Waals surface area contributed by atoms with Crippen molar-refractivity contribution in [3.63, 3.8) is 0 Å². The van der Waals surface area contributed by atoms with E-state index in [9.17, 15) is 8.78 Å². The average molecular weight is 372 g/mol. The van der Waals surface area contributed by atoms with Gasteiger partial charge in [-0.15, -0.1) is 0 Å². The molecule has 7 heteroatoms. The third-order valence-electron chi connectivity index (χ3n) is 2.31. The van der Waals surface area contributed by atoms with Gasteiger partial charge in [0.2, 0.25) is 0 Å². The molecule has 0 heterocycles. The van der Waals surface area contributed by atoms with Gasteiger partial charge in [-0.05, 0) is 48.8 Å². The van der Waals surface area contributed by atoms with Crippen molar-refractivity contribution >= 4 is 33.2 Å². The molecule has 0 aliphatic carbocycles. The van der Waals surface area contributed by atoms with Crippen molar-refractivity contribution in [3.8, 4) is 5.75 Å². The van der Waals surface area contributed by atoms with E-state index in [0.717, 1.165) is 0 Å². The van der Waals surface area contributed by atoms with Gasteiger partial charge in [0, 0.05) is 23.7 Å². The molecular weight excluding hydrogens is 354 g/mol. The highest BCUT2D eigenvalue weighted by Gasteiger charge is 2.15. The van der Waals surface area contributed by atoms with Crippen molar-refractivity contribution in [2.24, 2.45) is 0 Å². The maximum absolute atomic E-state index is 12.4. The van der Waals surface area contributed by atoms with Crippen LogP contribution in [0.25, 0.3) is 0 Å². The summed E-state index contributed by atoms with van der Waals surface area (Å²) in [6, 6.07) is 3.07. The summed E-state index contributed by atoms with van der Waals surface area (Å²) in [6.07, 6.45) is 0. The van der Waals surface area contributed by atoms with Gasteiger partial charge >= 0.3 is 6.61 Å². The van der Waals surface area contributed by atoms with E-state index in [-0.39, 0.29) is 11.3 Å². The minimum atomic E-state index is -2.89. The number of nitrogens with one attached hydrogen (secondary N) is 2. The number of ether oxygens (including phenoxy) is 1. The average Bonchev–Trinajstić information content (AvgIpc) is 2.27. The highest BCUT2D eigenvalue weighted by molar-refractivity contribution is 9.10. The number of alkyl halides is 2. The fraction of sp³-hybridized carbons (Fsp3) is 0.538. The van der Waals surface area contributed by atoms with Gasteiger partial charge in [0.05, 0.1) is 10.2 Å². The maximum atomic E-state index is 12.4. The van der Waals surface area contributed by atoms with Crippen molar-refractivity contribution in [3.05, 3.63) is 21.6 Å². The van der Waals surface area contributed by atoms with Crippen LogP contribution in [0.3, 0.4) is 0 Å². The predicted molar refractivity (Wildman–Crippen MR) is 82.0 cm³/mol. The molecule has 0 atom stereocenters. The molecule has 1 aromatic carbocycles.